The van der Waals surface area contributed by atoms with Crippen molar-refractivity contribution >= 4 is 0 Å². The van der Waals surface area contributed by atoms with E-state index in [0.29, 0.717) is 5.54 Å². The molecule has 0 atom stereocenters. The second kappa shape index (κ2) is 1.46. The molecule has 1 fully saturated rings. The molecule has 2 heteroatoms. The first kappa shape index (κ1) is 5.06. The number of nitrogens with one attached hydrogen (secondary N) is 2. The molecule has 0 amide bonds. The van der Waals surface area contributed by atoms with Gasteiger partial charge in [0, 0.05) is 18.8 Å². The van der Waals surface area contributed by atoms with Gasteiger partial charge in [0.1, 0.15) is 0 Å². The van der Waals surface area contributed by atoms with Gasteiger partial charge in [-0.3, -0.25) is 5.32 Å². The second-order valence-corrected chi connectivity index (χ2v) is 2.66. The van der Waals surface area contributed by atoms with Crippen LogP contribution in [0, 0.1) is 0 Å². The second-order valence-electron chi connectivity index (χ2n) is 2.66. The van der Waals surface area contributed by atoms with Crippen LogP contribution in [-0.4, -0.2) is 18.8 Å². The molecule has 0 aromatic carbocycles. The van der Waals surface area contributed by atoms with E-state index in [0.717, 1.165) is 13.2 Å². The standard InChI is InChI=1S/C5H12N2/c1-5(2)3-6-4-7-5/h6-7H,3-4H2,1-2H3. The Morgan fingerprint density at radius 1 is 1.43 bits per heavy atom. The van der Waals surface area contributed by atoms with Crippen LogP contribution in [0.4, 0.5) is 0 Å². The van der Waals surface area contributed by atoms with Gasteiger partial charge in [0.05, 0.1) is 0 Å². The SMILES string of the molecule is CC1(C)CNCN1. The predicted molar refractivity (Wildman–Crippen MR) is 30.1 cm³/mol. The summed E-state index contributed by atoms with van der Waals surface area (Å²) in [5.74, 6) is 0. The lowest BCUT2D eigenvalue weighted by Gasteiger charge is -2.14. The van der Waals surface area contributed by atoms with Gasteiger partial charge >= 0.3 is 0 Å². The van der Waals surface area contributed by atoms with Gasteiger partial charge in [0.15, 0.2) is 0 Å². The average molecular weight is 100 g/mol. The van der Waals surface area contributed by atoms with Crippen molar-refractivity contribution in [2.45, 2.75) is 19.4 Å². The van der Waals surface area contributed by atoms with Crippen molar-refractivity contribution in [3.63, 3.8) is 0 Å². The molecular formula is C5H12N2. The summed E-state index contributed by atoms with van der Waals surface area (Å²) in [5, 5.41) is 6.49. The highest BCUT2D eigenvalue weighted by Gasteiger charge is 2.20. The summed E-state index contributed by atoms with van der Waals surface area (Å²) in [6.07, 6.45) is 0. The van der Waals surface area contributed by atoms with Crippen molar-refractivity contribution in [3.05, 3.63) is 0 Å². The molecule has 0 spiro atoms. The highest BCUT2D eigenvalue weighted by atomic mass is 15.2. The van der Waals surface area contributed by atoms with Crippen LogP contribution in [0.25, 0.3) is 0 Å². The fourth-order valence-corrected chi connectivity index (χ4v) is 0.739. The zero-order chi connectivity index (χ0) is 5.33. The summed E-state index contributed by atoms with van der Waals surface area (Å²) in [5.41, 5.74) is 0.333. The third kappa shape index (κ3) is 1.14. The molecule has 2 nitrogen and oxygen atoms in total. The summed E-state index contributed by atoms with van der Waals surface area (Å²) in [6.45, 7) is 6.43. The van der Waals surface area contributed by atoms with Gasteiger partial charge in [-0.2, -0.15) is 0 Å². The lowest BCUT2D eigenvalue weighted by Crippen LogP contribution is -2.34. The maximum atomic E-state index is 3.28. The minimum atomic E-state index is 0.333. The van der Waals surface area contributed by atoms with E-state index in [-0.39, 0.29) is 0 Å². The smallest absolute Gasteiger partial charge is 0.0459 e. The van der Waals surface area contributed by atoms with Gasteiger partial charge in [0.25, 0.3) is 0 Å². The molecule has 1 saturated heterocycles. The molecule has 1 rings (SSSR count). The van der Waals surface area contributed by atoms with Crippen molar-refractivity contribution in [1.29, 1.82) is 0 Å². The Labute approximate surface area is 44.3 Å². The monoisotopic (exact) mass is 100 g/mol. The van der Waals surface area contributed by atoms with Crippen LogP contribution in [0.15, 0.2) is 0 Å². The lowest BCUT2D eigenvalue weighted by atomic mass is 10.1. The van der Waals surface area contributed by atoms with Gasteiger partial charge in [-0.1, -0.05) is 0 Å². The van der Waals surface area contributed by atoms with Gasteiger partial charge in [-0.25, -0.2) is 0 Å². The molecule has 1 aliphatic heterocycles. The van der Waals surface area contributed by atoms with Crippen LogP contribution in [0.2, 0.25) is 0 Å². The molecule has 0 radical (unpaired) electrons. The number of rotatable bonds is 0. The third-order valence-corrected chi connectivity index (χ3v) is 1.26. The molecule has 1 heterocycles. The molecule has 1 aliphatic rings. The molecule has 2 N–H and O–H groups in total. The van der Waals surface area contributed by atoms with E-state index in [2.05, 4.69) is 24.5 Å². The zero-order valence-electron chi connectivity index (χ0n) is 4.91. The van der Waals surface area contributed by atoms with Crippen LogP contribution in [0.3, 0.4) is 0 Å². The molecule has 0 bridgehead atoms. The quantitative estimate of drug-likeness (QED) is 0.445. The van der Waals surface area contributed by atoms with E-state index >= 15 is 0 Å². The average Bonchev–Trinajstić information content (AvgIpc) is 1.84. The van der Waals surface area contributed by atoms with Crippen molar-refractivity contribution in [1.82, 2.24) is 10.6 Å². The van der Waals surface area contributed by atoms with Crippen molar-refractivity contribution in [3.8, 4) is 0 Å². The Kier molecular flexibility index (Phi) is 1.05. The molecule has 0 unspecified atom stereocenters. The maximum Gasteiger partial charge on any atom is 0.0459 e. The minimum Gasteiger partial charge on any atom is -0.303 e. The number of hydrogen-bond donors (Lipinski definition) is 2. The molecule has 0 aromatic rings. The summed E-state index contributed by atoms with van der Waals surface area (Å²) >= 11 is 0. The van der Waals surface area contributed by atoms with Crippen LogP contribution < -0.4 is 10.6 Å². The van der Waals surface area contributed by atoms with Gasteiger partial charge in [-0.05, 0) is 13.8 Å². The zero-order valence-corrected chi connectivity index (χ0v) is 4.91. The van der Waals surface area contributed by atoms with Gasteiger partial charge < -0.3 is 5.32 Å². The summed E-state index contributed by atoms with van der Waals surface area (Å²) in [6, 6.07) is 0. The lowest BCUT2D eigenvalue weighted by molar-refractivity contribution is 0.487. The van der Waals surface area contributed by atoms with Gasteiger partial charge in [-0.15, -0.1) is 0 Å². The van der Waals surface area contributed by atoms with Crippen molar-refractivity contribution in [2.24, 2.45) is 0 Å². The van der Waals surface area contributed by atoms with Crippen LogP contribution in [-0.2, 0) is 0 Å². The fraction of sp³-hybridized carbons (Fsp3) is 1.00. The largest absolute Gasteiger partial charge is 0.303 e. The predicted octanol–water partition coefficient (Wildman–Crippen LogP) is -0.0847. The first-order valence-electron chi connectivity index (χ1n) is 2.66. The van der Waals surface area contributed by atoms with Crippen LogP contribution >= 0.6 is 0 Å². The summed E-state index contributed by atoms with van der Waals surface area (Å²) < 4.78 is 0. The van der Waals surface area contributed by atoms with Crippen molar-refractivity contribution < 1.29 is 0 Å². The summed E-state index contributed by atoms with van der Waals surface area (Å²) in [7, 11) is 0. The summed E-state index contributed by atoms with van der Waals surface area (Å²) in [4.78, 5) is 0. The van der Waals surface area contributed by atoms with E-state index in [1.807, 2.05) is 0 Å². The van der Waals surface area contributed by atoms with E-state index in [1.165, 1.54) is 0 Å². The minimum absolute atomic E-state index is 0.333. The Balaban J connectivity index is 2.40. The topological polar surface area (TPSA) is 24.1 Å². The molecule has 42 valence electrons. The highest BCUT2D eigenvalue weighted by Crippen LogP contribution is 2.01. The first-order chi connectivity index (χ1) is 3.21. The fourth-order valence-electron chi connectivity index (χ4n) is 0.739. The Morgan fingerprint density at radius 3 is 2.29 bits per heavy atom. The molecule has 7 heavy (non-hydrogen) atoms. The Hall–Kier alpha value is -0.0800. The normalized spacial score (nSPS) is 28.3. The molecule has 0 saturated carbocycles. The maximum absolute atomic E-state index is 3.28. The van der Waals surface area contributed by atoms with E-state index in [4.69, 9.17) is 0 Å². The molecule has 0 aliphatic carbocycles. The van der Waals surface area contributed by atoms with E-state index in [9.17, 15) is 0 Å². The van der Waals surface area contributed by atoms with Crippen molar-refractivity contribution in [2.75, 3.05) is 13.2 Å². The van der Waals surface area contributed by atoms with Gasteiger partial charge in [0.2, 0.25) is 0 Å². The molecule has 0 aromatic heterocycles. The third-order valence-electron chi connectivity index (χ3n) is 1.26. The van der Waals surface area contributed by atoms with Crippen LogP contribution in [0.5, 0.6) is 0 Å². The van der Waals surface area contributed by atoms with Crippen LogP contribution in [0.1, 0.15) is 13.8 Å². The highest BCUT2D eigenvalue weighted by molar-refractivity contribution is 4.84. The van der Waals surface area contributed by atoms with E-state index < -0.39 is 0 Å². The Bertz CT molecular complexity index is 60.5. The van der Waals surface area contributed by atoms with E-state index in [1.54, 1.807) is 0 Å². The first-order valence-corrected chi connectivity index (χ1v) is 2.66. The Morgan fingerprint density at radius 2 is 2.14 bits per heavy atom. The number of hydrogen-bond acceptors (Lipinski definition) is 2. The molecular weight excluding hydrogens is 88.1 g/mol.